The van der Waals surface area contributed by atoms with Crippen LogP contribution >= 0.6 is 11.3 Å². The van der Waals surface area contributed by atoms with Gasteiger partial charge in [0.25, 0.3) is 0 Å². The zero-order valence-electron chi connectivity index (χ0n) is 12.1. The van der Waals surface area contributed by atoms with Gasteiger partial charge < -0.3 is 4.90 Å². The first-order chi connectivity index (χ1) is 10.8. The third-order valence-corrected chi connectivity index (χ3v) is 4.83. The maximum absolute atomic E-state index is 12.5. The molecule has 6 nitrogen and oxygen atoms in total. The molecule has 1 aromatic rings. The first-order valence-corrected chi connectivity index (χ1v) is 8.02. The van der Waals surface area contributed by atoms with Crippen LogP contribution < -0.4 is 4.90 Å². The fraction of sp³-hybridized carbons (Fsp3) is 0.615. The highest BCUT2D eigenvalue weighted by molar-refractivity contribution is 7.13. The molecule has 2 amide bonds. The van der Waals surface area contributed by atoms with E-state index in [4.69, 9.17) is 0 Å². The lowest BCUT2D eigenvalue weighted by molar-refractivity contribution is -0.166. The summed E-state index contributed by atoms with van der Waals surface area (Å²) >= 11 is 1.51. The van der Waals surface area contributed by atoms with Crippen LogP contribution in [0.2, 0.25) is 0 Å². The first kappa shape index (κ1) is 16.2. The van der Waals surface area contributed by atoms with Gasteiger partial charge in [0, 0.05) is 37.8 Å². The molecule has 3 heterocycles. The summed E-state index contributed by atoms with van der Waals surface area (Å²) in [6.45, 7) is 0.794. The summed E-state index contributed by atoms with van der Waals surface area (Å²) in [6.07, 6.45) is -3.03. The van der Waals surface area contributed by atoms with E-state index in [9.17, 15) is 22.8 Å². The molecule has 0 saturated carbocycles. The lowest BCUT2D eigenvalue weighted by Gasteiger charge is -2.36. The molecule has 23 heavy (non-hydrogen) atoms. The van der Waals surface area contributed by atoms with Gasteiger partial charge in [-0.2, -0.15) is 13.2 Å². The number of imide groups is 1. The Balaban J connectivity index is 1.61. The van der Waals surface area contributed by atoms with Crippen molar-refractivity contribution in [2.45, 2.75) is 18.6 Å². The zero-order valence-corrected chi connectivity index (χ0v) is 12.9. The molecule has 0 bridgehead atoms. The number of hydrogen-bond acceptors (Lipinski definition) is 6. The Kier molecular flexibility index (Phi) is 4.28. The van der Waals surface area contributed by atoms with Gasteiger partial charge in [-0.25, -0.2) is 4.98 Å². The minimum atomic E-state index is -4.57. The number of carbonyl (C=O) groups is 2. The van der Waals surface area contributed by atoms with Crippen molar-refractivity contribution in [2.24, 2.45) is 0 Å². The maximum atomic E-state index is 12.5. The minimum absolute atomic E-state index is 0.174. The molecule has 0 radical (unpaired) electrons. The number of thiazole rings is 1. The summed E-state index contributed by atoms with van der Waals surface area (Å²) < 4.78 is 37.4. The molecule has 3 rings (SSSR count). The van der Waals surface area contributed by atoms with Gasteiger partial charge in [0.2, 0.25) is 11.8 Å². The Morgan fingerprint density at radius 2 is 1.91 bits per heavy atom. The predicted molar refractivity (Wildman–Crippen MR) is 77.1 cm³/mol. The predicted octanol–water partition coefficient (Wildman–Crippen LogP) is 0.955. The van der Waals surface area contributed by atoms with Crippen LogP contribution in [-0.2, 0) is 9.59 Å². The Bertz CT molecular complexity index is 585. The topological polar surface area (TPSA) is 56.8 Å². The number of hydrogen-bond donors (Lipinski definition) is 0. The molecule has 1 aromatic heterocycles. The SMILES string of the molecule is O=C1C[C@H](N2CCN(c3nccs3)CC2)C(=O)N1CC(F)(F)F. The van der Waals surface area contributed by atoms with E-state index >= 15 is 0 Å². The van der Waals surface area contributed by atoms with E-state index in [0.29, 0.717) is 31.1 Å². The molecule has 126 valence electrons. The number of alkyl halides is 3. The van der Waals surface area contributed by atoms with Gasteiger partial charge in [0.05, 0.1) is 12.5 Å². The second-order valence-electron chi connectivity index (χ2n) is 5.49. The van der Waals surface area contributed by atoms with Crippen LogP contribution in [0.4, 0.5) is 18.3 Å². The molecule has 2 saturated heterocycles. The van der Waals surface area contributed by atoms with Gasteiger partial charge in [-0.15, -0.1) is 11.3 Å². The number of carbonyl (C=O) groups excluding carboxylic acids is 2. The van der Waals surface area contributed by atoms with E-state index < -0.39 is 30.6 Å². The molecule has 1 atom stereocenters. The van der Waals surface area contributed by atoms with Crippen LogP contribution in [0.3, 0.4) is 0 Å². The molecule has 10 heteroatoms. The average Bonchev–Trinajstić information content (AvgIpc) is 3.10. The minimum Gasteiger partial charge on any atom is -0.346 e. The quantitative estimate of drug-likeness (QED) is 0.762. The Morgan fingerprint density at radius 1 is 1.22 bits per heavy atom. The number of aromatic nitrogens is 1. The molecule has 0 aromatic carbocycles. The second kappa shape index (κ2) is 6.08. The molecule has 0 aliphatic carbocycles. The van der Waals surface area contributed by atoms with Crippen molar-refractivity contribution in [1.82, 2.24) is 14.8 Å². The molecular formula is C13H15F3N4O2S. The normalized spacial score (nSPS) is 23.9. The highest BCUT2D eigenvalue weighted by atomic mass is 32.1. The highest BCUT2D eigenvalue weighted by Gasteiger charge is 2.46. The van der Waals surface area contributed by atoms with Crippen molar-refractivity contribution < 1.29 is 22.8 Å². The molecule has 0 unspecified atom stereocenters. The molecule has 2 aliphatic rings. The maximum Gasteiger partial charge on any atom is 0.406 e. The first-order valence-electron chi connectivity index (χ1n) is 7.14. The van der Waals surface area contributed by atoms with Crippen molar-refractivity contribution in [3.05, 3.63) is 11.6 Å². The van der Waals surface area contributed by atoms with Crippen LogP contribution in [-0.4, -0.2) is 71.5 Å². The van der Waals surface area contributed by atoms with Crippen molar-refractivity contribution in [1.29, 1.82) is 0 Å². The highest BCUT2D eigenvalue weighted by Crippen LogP contribution is 2.26. The zero-order chi connectivity index (χ0) is 16.6. The van der Waals surface area contributed by atoms with E-state index in [1.165, 1.54) is 11.3 Å². The van der Waals surface area contributed by atoms with Gasteiger partial charge in [0.15, 0.2) is 5.13 Å². The molecule has 0 N–H and O–H groups in total. The average molecular weight is 348 g/mol. The number of anilines is 1. The van der Waals surface area contributed by atoms with Gasteiger partial charge in [-0.1, -0.05) is 0 Å². The second-order valence-corrected chi connectivity index (χ2v) is 6.36. The number of nitrogens with zero attached hydrogens (tertiary/aromatic N) is 4. The van der Waals surface area contributed by atoms with Crippen molar-refractivity contribution in [3.8, 4) is 0 Å². The van der Waals surface area contributed by atoms with E-state index in [1.807, 2.05) is 5.38 Å². The van der Waals surface area contributed by atoms with Gasteiger partial charge >= 0.3 is 6.18 Å². The number of likely N-dealkylation sites (tertiary alicyclic amines) is 1. The fourth-order valence-electron chi connectivity index (χ4n) is 2.89. The van der Waals surface area contributed by atoms with Crippen molar-refractivity contribution >= 4 is 28.3 Å². The molecule has 2 aliphatic heterocycles. The van der Waals surface area contributed by atoms with Crippen LogP contribution in [0.15, 0.2) is 11.6 Å². The molecular weight excluding hydrogens is 333 g/mol. The lowest BCUT2D eigenvalue weighted by Crippen LogP contribution is -2.53. The third-order valence-electron chi connectivity index (χ3n) is 4.00. The summed E-state index contributed by atoms with van der Waals surface area (Å²) in [5.41, 5.74) is 0. The smallest absolute Gasteiger partial charge is 0.346 e. The number of halogens is 3. The van der Waals surface area contributed by atoms with Gasteiger partial charge in [-0.3, -0.25) is 19.4 Å². The largest absolute Gasteiger partial charge is 0.406 e. The van der Waals surface area contributed by atoms with Crippen molar-refractivity contribution in [3.63, 3.8) is 0 Å². The Hall–Kier alpha value is -1.68. The van der Waals surface area contributed by atoms with Gasteiger partial charge in [-0.05, 0) is 0 Å². The van der Waals surface area contributed by atoms with Crippen LogP contribution in [0.25, 0.3) is 0 Å². The standard InChI is InChI=1S/C13H15F3N4O2S/c14-13(15,16)8-20-10(21)7-9(11(20)22)18-2-4-19(5-3-18)12-17-1-6-23-12/h1,6,9H,2-5,7-8H2/t9-/m0/s1. The lowest BCUT2D eigenvalue weighted by atomic mass is 10.2. The number of rotatable bonds is 3. The third kappa shape index (κ3) is 3.47. The van der Waals surface area contributed by atoms with E-state index in [-0.39, 0.29) is 6.42 Å². The number of piperazine rings is 1. The van der Waals surface area contributed by atoms with Gasteiger partial charge in [0.1, 0.15) is 6.54 Å². The summed E-state index contributed by atoms with van der Waals surface area (Å²) in [6, 6.07) is -0.775. The van der Waals surface area contributed by atoms with Crippen LogP contribution in [0.1, 0.15) is 6.42 Å². The van der Waals surface area contributed by atoms with E-state index in [2.05, 4.69) is 9.88 Å². The molecule has 2 fully saturated rings. The Labute approximate surface area is 134 Å². The monoisotopic (exact) mass is 348 g/mol. The summed E-state index contributed by atoms with van der Waals surface area (Å²) in [4.78, 5) is 32.3. The molecule has 0 spiro atoms. The summed E-state index contributed by atoms with van der Waals surface area (Å²) in [5.74, 6) is -1.49. The van der Waals surface area contributed by atoms with Crippen LogP contribution in [0, 0.1) is 0 Å². The number of amides is 2. The van der Waals surface area contributed by atoms with E-state index in [0.717, 1.165) is 5.13 Å². The summed E-state index contributed by atoms with van der Waals surface area (Å²) in [7, 11) is 0. The Morgan fingerprint density at radius 3 is 2.48 bits per heavy atom. The fourth-order valence-corrected chi connectivity index (χ4v) is 3.59. The van der Waals surface area contributed by atoms with Crippen molar-refractivity contribution in [2.75, 3.05) is 37.6 Å². The van der Waals surface area contributed by atoms with E-state index in [1.54, 1.807) is 11.1 Å². The van der Waals surface area contributed by atoms with Crippen LogP contribution in [0.5, 0.6) is 0 Å². The summed E-state index contributed by atoms with van der Waals surface area (Å²) in [5, 5.41) is 2.76.